The fourth-order valence-corrected chi connectivity index (χ4v) is 4.09. The molecule has 0 bridgehead atoms. The molecule has 0 radical (unpaired) electrons. The van der Waals surface area contributed by atoms with E-state index in [0.717, 1.165) is 17.7 Å². The number of rotatable bonds is 6. The third kappa shape index (κ3) is 5.85. The number of ether oxygens (including phenoxy) is 2. The molecule has 32 heavy (non-hydrogen) atoms. The van der Waals surface area contributed by atoms with E-state index >= 15 is 4.39 Å². The molecule has 2 aromatic carbocycles. The Hall–Kier alpha value is -3.40. The lowest BCUT2D eigenvalue weighted by atomic mass is 10.1. The summed E-state index contributed by atoms with van der Waals surface area (Å²) in [6, 6.07) is 11.4. The summed E-state index contributed by atoms with van der Waals surface area (Å²) in [5.41, 5.74) is -0.0683. The molecule has 1 aliphatic heterocycles. The smallest absolute Gasteiger partial charge is 0.331 e. The van der Waals surface area contributed by atoms with Crippen molar-refractivity contribution in [1.29, 1.82) is 0 Å². The van der Waals surface area contributed by atoms with Crippen molar-refractivity contribution in [2.75, 3.05) is 10.8 Å². The lowest BCUT2D eigenvalue weighted by Gasteiger charge is -2.20. The summed E-state index contributed by atoms with van der Waals surface area (Å²) in [7, 11) is -4.25. The molecule has 1 aliphatic rings. The van der Waals surface area contributed by atoms with Gasteiger partial charge in [-0.05, 0) is 50.1 Å². The summed E-state index contributed by atoms with van der Waals surface area (Å²) in [6.07, 6.45) is 2.47. The third-order valence-electron chi connectivity index (χ3n) is 4.18. The summed E-state index contributed by atoms with van der Waals surface area (Å²) < 4.78 is 53.0. The molecule has 0 atom stereocenters. The van der Waals surface area contributed by atoms with Gasteiger partial charge in [-0.3, -0.25) is 4.79 Å². The first-order valence-corrected chi connectivity index (χ1v) is 11.1. The number of carbonyl (C=O) groups is 2. The second kappa shape index (κ2) is 8.99. The SMILES string of the molecule is CC(C)(C)OC(=O)C=Cc1cc(F)c(N2CC(=O)NS2(=O)=O)c(OCc2ccccc2)c1. The van der Waals surface area contributed by atoms with Crippen LogP contribution in [0.2, 0.25) is 0 Å². The van der Waals surface area contributed by atoms with Gasteiger partial charge >= 0.3 is 16.2 Å². The average Bonchev–Trinajstić information content (AvgIpc) is 2.95. The minimum absolute atomic E-state index is 0.0295. The Morgan fingerprint density at radius 3 is 2.50 bits per heavy atom. The molecule has 0 aromatic heterocycles. The van der Waals surface area contributed by atoms with Gasteiger partial charge in [0.2, 0.25) is 0 Å². The van der Waals surface area contributed by atoms with Crippen LogP contribution in [0.4, 0.5) is 10.1 Å². The van der Waals surface area contributed by atoms with Gasteiger partial charge in [-0.25, -0.2) is 18.2 Å². The van der Waals surface area contributed by atoms with Crippen LogP contribution in [0.5, 0.6) is 5.75 Å². The van der Waals surface area contributed by atoms with Gasteiger partial charge in [0.05, 0.1) is 0 Å². The van der Waals surface area contributed by atoms with Gasteiger partial charge in [0.15, 0.2) is 5.82 Å². The summed E-state index contributed by atoms with van der Waals surface area (Å²) >= 11 is 0. The average molecular weight is 462 g/mol. The van der Waals surface area contributed by atoms with E-state index in [2.05, 4.69) is 0 Å². The van der Waals surface area contributed by atoms with Gasteiger partial charge in [-0.1, -0.05) is 30.3 Å². The molecule has 1 N–H and O–H groups in total. The Bertz CT molecular complexity index is 1160. The predicted octanol–water partition coefficient (Wildman–Crippen LogP) is 2.94. The molecule has 8 nitrogen and oxygen atoms in total. The molecule has 1 fully saturated rings. The second-order valence-corrected chi connectivity index (χ2v) is 9.62. The summed E-state index contributed by atoms with van der Waals surface area (Å²) in [4.78, 5) is 23.6. The van der Waals surface area contributed by atoms with E-state index in [-0.39, 0.29) is 17.9 Å². The first-order valence-electron chi connectivity index (χ1n) is 9.69. The summed E-state index contributed by atoms with van der Waals surface area (Å²) in [5, 5.41) is 0. The van der Waals surface area contributed by atoms with Crippen LogP contribution in [-0.4, -0.2) is 32.4 Å². The molecule has 170 valence electrons. The first-order chi connectivity index (χ1) is 14.9. The van der Waals surface area contributed by atoms with E-state index in [1.807, 2.05) is 10.8 Å². The van der Waals surface area contributed by atoms with Crippen LogP contribution in [0.3, 0.4) is 0 Å². The molecule has 3 rings (SSSR count). The number of carbonyl (C=O) groups excluding carboxylic acids is 2. The maximum Gasteiger partial charge on any atom is 0.331 e. The lowest BCUT2D eigenvalue weighted by Crippen LogP contribution is -2.30. The number of amides is 1. The molecule has 2 aromatic rings. The monoisotopic (exact) mass is 462 g/mol. The van der Waals surface area contributed by atoms with Crippen LogP contribution >= 0.6 is 0 Å². The van der Waals surface area contributed by atoms with E-state index in [1.54, 1.807) is 45.0 Å². The van der Waals surface area contributed by atoms with E-state index in [4.69, 9.17) is 9.47 Å². The molecule has 0 saturated carbocycles. The van der Waals surface area contributed by atoms with Crippen LogP contribution in [0.25, 0.3) is 6.08 Å². The number of anilines is 1. The maximum absolute atomic E-state index is 15.1. The lowest BCUT2D eigenvalue weighted by molar-refractivity contribution is -0.148. The van der Waals surface area contributed by atoms with Crippen LogP contribution in [-0.2, 0) is 31.1 Å². The number of hydrogen-bond acceptors (Lipinski definition) is 6. The highest BCUT2D eigenvalue weighted by Crippen LogP contribution is 2.36. The van der Waals surface area contributed by atoms with E-state index in [0.29, 0.717) is 4.31 Å². The van der Waals surface area contributed by atoms with Crippen molar-refractivity contribution >= 4 is 33.8 Å². The van der Waals surface area contributed by atoms with Crippen molar-refractivity contribution in [1.82, 2.24) is 4.72 Å². The number of nitrogens with one attached hydrogen (secondary N) is 1. The van der Waals surface area contributed by atoms with Crippen LogP contribution in [0.15, 0.2) is 48.5 Å². The fourth-order valence-electron chi connectivity index (χ4n) is 2.92. The molecular formula is C22H23FN2O6S. The van der Waals surface area contributed by atoms with Crippen molar-refractivity contribution in [2.45, 2.75) is 33.0 Å². The first kappa shape index (κ1) is 23.3. The topological polar surface area (TPSA) is 102 Å². The highest BCUT2D eigenvalue weighted by molar-refractivity contribution is 7.92. The minimum Gasteiger partial charge on any atom is -0.487 e. The minimum atomic E-state index is -4.25. The van der Waals surface area contributed by atoms with Gasteiger partial charge in [0.25, 0.3) is 5.91 Å². The van der Waals surface area contributed by atoms with Crippen molar-refractivity contribution in [3.8, 4) is 5.75 Å². The predicted molar refractivity (Wildman–Crippen MR) is 116 cm³/mol. The number of hydrogen-bond donors (Lipinski definition) is 1. The van der Waals surface area contributed by atoms with Crippen LogP contribution in [0.1, 0.15) is 31.9 Å². The van der Waals surface area contributed by atoms with E-state index in [1.165, 1.54) is 12.1 Å². The van der Waals surface area contributed by atoms with Gasteiger partial charge in [-0.15, -0.1) is 0 Å². The number of halogens is 1. The zero-order valence-electron chi connectivity index (χ0n) is 17.8. The fraction of sp³-hybridized carbons (Fsp3) is 0.273. The largest absolute Gasteiger partial charge is 0.487 e. The van der Waals surface area contributed by atoms with Crippen LogP contribution in [0, 0.1) is 5.82 Å². The Labute approximate surface area is 185 Å². The number of nitrogens with zero attached hydrogens (tertiary/aromatic N) is 1. The van der Waals surface area contributed by atoms with Crippen molar-refractivity contribution in [2.24, 2.45) is 0 Å². The highest BCUT2D eigenvalue weighted by Gasteiger charge is 2.37. The molecule has 0 spiro atoms. The highest BCUT2D eigenvalue weighted by atomic mass is 32.2. The molecule has 0 aliphatic carbocycles. The van der Waals surface area contributed by atoms with Gasteiger partial charge in [0, 0.05) is 6.08 Å². The second-order valence-electron chi connectivity index (χ2n) is 8.03. The Balaban J connectivity index is 1.97. The standard InChI is InChI=1S/C22H23FN2O6S/c1-22(2,3)31-20(27)10-9-16-11-17(23)21(25-13-19(26)24-32(25,28)29)18(12-16)30-14-15-7-5-4-6-8-15/h4-12H,13-14H2,1-3H3,(H,24,26). The van der Waals surface area contributed by atoms with Crippen LogP contribution < -0.4 is 13.8 Å². The Morgan fingerprint density at radius 2 is 1.91 bits per heavy atom. The van der Waals surface area contributed by atoms with Gasteiger partial charge in [-0.2, -0.15) is 8.42 Å². The normalized spacial score (nSPS) is 15.6. The van der Waals surface area contributed by atoms with Gasteiger partial charge in [0.1, 0.15) is 30.2 Å². The Kier molecular flexibility index (Phi) is 6.54. The quantitative estimate of drug-likeness (QED) is 0.523. The third-order valence-corrected chi connectivity index (χ3v) is 5.55. The van der Waals surface area contributed by atoms with Crippen molar-refractivity contribution in [3.63, 3.8) is 0 Å². The summed E-state index contributed by atoms with van der Waals surface area (Å²) in [5.74, 6) is -2.43. The summed E-state index contributed by atoms with van der Waals surface area (Å²) in [6.45, 7) is 4.60. The van der Waals surface area contributed by atoms with Gasteiger partial charge < -0.3 is 9.47 Å². The molecule has 1 amide bonds. The zero-order chi connectivity index (χ0) is 23.5. The number of esters is 1. The van der Waals surface area contributed by atoms with Crippen molar-refractivity contribution in [3.05, 3.63) is 65.5 Å². The van der Waals surface area contributed by atoms with E-state index < -0.39 is 45.7 Å². The molecule has 10 heteroatoms. The molecule has 0 unspecified atom stereocenters. The zero-order valence-corrected chi connectivity index (χ0v) is 18.6. The molecule has 1 saturated heterocycles. The number of benzene rings is 2. The Morgan fingerprint density at radius 1 is 1.22 bits per heavy atom. The maximum atomic E-state index is 15.1. The van der Waals surface area contributed by atoms with E-state index in [9.17, 15) is 18.0 Å². The molecular weight excluding hydrogens is 439 g/mol. The molecule has 1 heterocycles. The van der Waals surface area contributed by atoms with Crippen molar-refractivity contribution < 1.29 is 31.9 Å².